The van der Waals surface area contributed by atoms with Crippen molar-refractivity contribution >= 4 is 0 Å². The van der Waals surface area contributed by atoms with E-state index in [0.29, 0.717) is 5.41 Å². The summed E-state index contributed by atoms with van der Waals surface area (Å²) in [5, 5.41) is 0. The third-order valence-electron chi connectivity index (χ3n) is 2.72. The van der Waals surface area contributed by atoms with Crippen LogP contribution in [0.25, 0.3) is 0 Å². The highest BCUT2D eigenvalue weighted by atomic mass is 14.4. The smallest absolute Gasteiger partial charge is 0.0378 e. The zero-order chi connectivity index (χ0) is 9.35. The minimum Gasteiger partial charge on any atom is -0.0628 e. The van der Waals surface area contributed by atoms with Crippen LogP contribution in [0.5, 0.6) is 0 Å². The maximum absolute atomic E-state index is 2.36. The molecule has 72 valence electrons. The standard InChI is InChI=1S/C12H24/c1-9(2)6-10-7-11(10)8-12(3,4)5/h9-11H,6-8H2,1-5H3. The second-order valence-electron chi connectivity index (χ2n) is 6.15. The van der Waals surface area contributed by atoms with E-state index in [4.69, 9.17) is 0 Å². The Bertz CT molecular complexity index is 139. The maximum Gasteiger partial charge on any atom is -0.0378 e. The van der Waals surface area contributed by atoms with Gasteiger partial charge in [0.15, 0.2) is 0 Å². The van der Waals surface area contributed by atoms with E-state index in [1.807, 2.05) is 0 Å². The normalized spacial score (nSPS) is 29.5. The molecule has 0 nitrogen and oxygen atoms in total. The van der Waals surface area contributed by atoms with Crippen LogP contribution in [-0.2, 0) is 0 Å². The van der Waals surface area contributed by atoms with Crippen LogP contribution in [0.2, 0.25) is 0 Å². The van der Waals surface area contributed by atoms with Gasteiger partial charge in [0.05, 0.1) is 0 Å². The van der Waals surface area contributed by atoms with Crippen LogP contribution in [0.15, 0.2) is 0 Å². The Hall–Kier alpha value is 0. The monoisotopic (exact) mass is 168 g/mol. The Morgan fingerprint density at radius 2 is 1.75 bits per heavy atom. The van der Waals surface area contributed by atoms with Crippen molar-refractivity contribution in [3.05, 3.63) is 0 Å². The fourth-order valence-corrected chi connectivity index (χ4v) is 2.24. The molecule has 2 unspecified atom stereocenters. The first kappa shape index (κ1) is 10.1. The molecule has 0 saturated heterocycles. The van der Waals surface area contributed by atoms with Crippen LogP contribution in [0.1, 0.15) is 53.9 Å². The third kappa shape index (κ3) is 3.60. The average Bonchev–Trinajstić information content (AvgIpc) is 2.40. The van der Waals surface area contributed by atoms with Crippen LogP contribution in [0.4, 0.5) is 0 Å². The molecular formula is C12H24. The molecule has 0 radical (unpaired) electrons. The highest BCUT2D eigenvalue weighted by Gasteiger charge is 2.38. The Morgan fingerprint density at radius 1 is 1.17 bits per heavy atom. The van der Waals surface area contributed by atoms with Gasteiger partial charge in [-0.25, -0.2) is 0 Å². The summed E-state index contributed by atoms with van der Waals surface area (Å²) in [6.45, 7) is 11.8. The van der Waals surface area contributed by atoms with Gasteiger partial charge in [0.1, 0.15) is 0 Å². The summed E-state index contributed by atoms with van der Waals surface area (Å²) < 4.78 is 0. The van der Waals surface area contributed by atoms with Crippen LogP contribution < -0.4 is 0 Å². The summed E-state index contributed by atoms with van der Waals surface area (Å²) in [6.07, 6.45) is 4.40. The van der Waals surface area contributed by atoms with Crippen molar-refractivity contribution in [1.82, 2.24) is 0 Å². The summed E-state index contributed by atoms with van der Waals surface area (Å²) in [6, 6.07) is 0. The second kappa shape index (κ2) is 3.40. The molecule has 1 rings (SSSR count). The molecule has 0 N–H and O–H groups in total. The van der Waals surface area contributed by atoms with Crippen LogP contribution >= 0.6 is 0 Å². The summed E-state index contributed by atoms with van der Waals surface area (Å²) in [7, 11) is 0. The number of hydrogen-bond donors (Lipinski definition) is 0. The molecule has 12 heavy (non-hydrogen) atoms. The zero-order valence-electron chi connectivity index (χ0n) is 9.35. The van der Waals surface area contributed by atoms with Crippen molar-refractivity contribution in [1.29, 1.82) is 0 Å². The van der Waals surface area contributed by atoms with Gasteiger partial charge in [-0.3, -0.25) is 0 Å². The first-order chi connectivity index (χ1) is 5.38. The Labute approximate surface area is 77.7 Å². The molecule has 1 aliphatic carbocycles. The molecule has 1 saturated carbocycles. The van der Waals surface area contributed by atoms with Crippen LogP contribution in [0.3, 0.4) is 0 Å². The Balaban J connectivity index is 2.16. The first-order valence-electron chi connectivity index (χ1n) is 5.38. The van der Waals surface area contributed by atoms with E-state index in [1.54, 1.807) is 0 Å². The van der Waals surface area contributed by atoms with Gasteiger partial charge in [-0.05, 0) is 42.4 Å². The lowest BCUT2D eigenvalue weighted by atomic mass is 9.88. The van der Waals surface area contributed by atoms with Crippen molar-refractivity contribution in [2.45, 2.75) is 53.9 Å². The van der Waals surface area contributed by atoms with Crippen LogP contribution in [0, 0.1) is 23.2 Å². The molecule has 1 aliphatic rings. The van der Waals surface area contributed by atoms with Crippen molar-refractivity contribution in [2.24, 2.45) is 23.2 Å². The van der Waals surface area contributed by atoms with E-state index in [0.717, 1.165) is 17.8 Å². The molecule has 1 fully saturated rings. The molecule has 0 amide bonds. The van der Waals surface area contributed by atoms with E-state index < -0.39 is 0 Å². The molecule has 2 atom stereocenters. The highest BCUT2D eigenvalue weighted by molar-refractivity contribution is 4.89. The minimum absolute atomic E-state index is 0.552. The highest BCUT2D eigenvalue weighted by Crippen LogP contribution is 2.49. The van der Waals surface area contributed by atoms with Crippen molar-refractivity contribution in [3.63, 3.8) is 0 Å². The van der Waals surface area contributed by atoms with Gasteiger partial charge in [-0.1, -0.05) is 34.6 Å². The van der Waals surface area contributed by atoms with Crippen molar-refractivity contribution in [2.75, 3.05) is 0 Å². The molecule has 0 aromatic carbocycles. The van der Waals surface area contributed by atoms with E-state index in [2.05, 4.69) is 34.6 Å². The average molecular weight is 168 g/mol. The molecule has 0 heteroatoms. The van der Waals surface area contributed by atoms with E-state index >= 15 is 0 Å². The molecule has 0 spiro atoms. The fourth-order valence-electron chi connectivity index (χ4n) is 2.24. The quantitative estimate of drug-likeness (QED) is 0.595. The number of hydrogen-bond acceptors (Lipinski definition) is 0. The van der Waals surface area contributed by atoms with Gasteiger partial charge < -0.3 is 0 Å². The predicted octanol–water partition coefficient (Wildman–Crippen LogP) is 4.10. The van der Waals surface area contributed by atoms with Gasteiger partial charge in [-0.2, -0.15) is 0 Å². The van der Waals surface area contributed by atoms with E-state index in [9.17, 15) is 0 Å². The summed E-state index contributed by atoms with van der Waals surface area (Å²) in [5.74, 6) is 3.04. The molecule has 0 heterocycles. The summed E-state index contributed by atoms with van der Waals surface area (Å²) in [5.41, 5.74) is 0.552. The lowest BCUT2D eigenvalue weighted by Crippen LogP contribution is -2.06. The first-order valence-corrected chi connectivity index (χ1v) is 5.38. The molecular weight excluding hydrogens is 144 g/mol. The third-order valence-corrected chi connectivity index (χ3v) is 2.72. The molecule has 0 aliphatic heterocycles. The van der Waals surface area contributed by atoms with Crippen molar-refractivity contribution in [3.8, 4) is 0 Å². The molecule has 0 aromatic rings. The van der Waals surface area contributed by atoms with Gasteiger partial charge in [0.2, 0.25) is 0 Å². The largest absolute Gasteiger partial charge is 0.0628 e. The van der Waals surface area contributed by atoms with Gasteiger partial charge in [-0.15, -0.1) is 0 Å². The number of rotatable bonds is 3. The lowest BCUT2D eigenvalue weighted by molar-refractivity contribution is 0.337. The molecule has 0 bridgehead atoms. The minimum atomic E-state index is 0.552. The Kier molecular flexibility index (Phi) is 2.85. The van der Waals surface area contributed by atoms with Gasteiger partial charge in [0, 0.05) is 0 Å². The predicted molar refractivity (Wildman–Crippen MR) is 55.1 cm³/mol. The molecule has 0 aromatic heterocycles. The van der Waals surface area contributed by atoms with Gasteiger partial charge in [0.25, 0.3) is 0 Å². The summed E-state index contributed by atoms with van der Waals surface area (Å²) >= 11 is 0. The van der Waals surface area contributed by atoms with E-state index in [-0.39, 0.29) is 0 Å². The van der Waals surface area contributed by atoms with Crippen molar-refractivity contribution < 1.29 is 0 Å². The Morgan fingerprint density at radius 3 is 2.17 bits per heavy atom. The zero-order valence-corrected chi connectivity index (χ0v) is 9.35. The van der Waals surface area contributed by atoms with Gasteiger partial charge >= 0.3 is 0 Å². The lowest BCUT2D eigenvalue weighted by Gasteiger charge is -2.17. The fraction of sp³-hybridized carbons (Fsp3) is 1.00. The second-order valence-corrected chi connectivity index (χ2v) is 6.15. The van der Waals surface area contributed by atoms with Crippen LogP contribution in [-0.4, -0.2) is 0 Å². The topological polar surface area (TPSA) is 0 Å². The van der Waals surface area contributed by atoms with E-state index in [1.165, 1.54) is 19.3 Å². The maximum atomic E-state index is 2.36. The SMILES string of the molecule is CC(C)CC1CC1CC(C)(C)C. The summed E-state index contributed by atoms with van der Waals surface area (Å²) in [4.78, 5) is 0.